The molecule has 1 atom stereocenters. The van der Waals surface area contributed by atoms with Crippen LogP contribution in [0.3, 0.4) is 0 Å². The summed E-state index contributed by atoms with van der Waals surface area (Å²) in [6.45, 7) is 3.05. The fourth-order valence-electron chi connectivity index (χ4n) is 1.55. The van der Waals surface area contributed by atoms with Crippen LogP contribution in [0.4, 0.5) is 5.00 Å². The molecule has 2 amide bonds. The molecule has 22 heavy (non-hydrogen) atoms. The number of nitrogens with two attached hydrogens (primary N) is 1. The van der Waals surface area contributed by atoms with E-state index >= 15 is 0 Å². The van der Waals surface area contributed by atoms with Gasteiger partial charge in [-0.2, -0.15) is 0 Å². The van der Waals surface area contributed by atoms with E-state index in [-0.39, 0.29) is 11.3 Å². The van der Waals surface area contributed by atoms with Gasteiger partial charge in [0.2, 0.25) is 5.76 Å². The van der Waals surface area contributed by atoms with Gasteiger partial charge in [-0.15, -0.1) is 11.3 Å². The van der Waals surface area contributed by atoms with Gasteiger partial charge in [0.1, 0.15) is 5.00 Å². The number of carbonyl (C=O) groups is 3. The number of hydrogen-bond donors (Lipinski definition) is 2. The van der Waals surface area contributed by atoms with Crippen LogP contribution in [0.5, 0.6) is 0 Å². The number of hydrogen-bond acceptors (Lipinski definition) is 7. The van der Waals surface area contributed by atoms with Crippen LogP contribution in [0.2, 0.25) is 0 Å². The van der Waals surface area contributed by atoms with Crippen LogP contribution in [-0.2, 0) is 9.53 Å². The molecule has 2 aromatic heterocycles. The number of thiophene rings is 1. The zero-order chi connectivity index (χ0) is 16.3. The second-order valence-electron chi connectivity index (χ2n) is 4.40. The SMILES string of the molecule is Cc1cc(C(=O)OC(C)C(=O)Nc2sccc2C(N)=O)on1. The molecule has 0 aliphatic rings. The summed E-state index contributed by atoms with van der Waals surface area (Å²) in [6, 6.07) is 2.90. The molecular weight excluding hydrogens is 310 g/mol. The number of ether oxygens (including phenoxy) is 1. The van der Waals surface area contributed by atoms with E-state index in [2.05, 4.69) is 10.5 Å². The third-order valence-electron chi connectivity index (χ3n) is 2.65. The van der Waals surface area contributed by atoms with Gasteiger partial charge in [-0.05, 0) is 25.3 Å². The van der Waals surface area contributed by atoms with Crippen molar-refractivity contribution in [1.82, 2.24) is 5.16 Å². The molecule has 0 aliphatic heterocycles. The summed E-state index contributed by atoms with van der Waals surface area (Å²) in [4.78, 5) is 34.9. The van der Waals surface area contributed by atoms with Crippen LogP contribution < -0.4 is 11.1 Å². The lowest BCUT2D eigenvalue weighted by atomic mass is 10.3. The number of esters is 1. The summed E-state index contributed by atoms with van der Waals surface area (Å²) in [5.41, 5.74) is 5.90. The summed E-state index contributed by atoms with van der Waals surface area (Å²) in [5.74, 6) is -2.14. The number of amides is 2. The van der Waals surface area contributed by atoms with Crippen LogP contribution >= 0.6 is 11.3 Å². The highest BCUT2D eigenvalue weighted by atomic mass is 32.1. The predicted octanol–water partition coefficient (Wildman–Crippen LogP) is 1.33. The van der Waals surface area contributed by atoms with Crippen LogP contribution in [0, 0.1) is 6.92 Å². The molecule has 9 heteroatoms. The molecule has 0 fully saturated rings. The molecule has 1 unspecified atom stereocenters. The number of nitrogens with one attached hydrogen (secondary N) is 1. The van der Waals surface area contributed by atoms with Crippen LogP contribution in [0.25, 0.3) is 0 Å². The average Bonchev–Trinajstić information content (AvgIpc) is 3.07. The van der Waals surface area contributed by atoms with Gasteiger partial charge in [-0.3, -0.25) is 9.59 Å². The van der Waals surface area contributed by atoms with Crippen LogP contribution in [-0.4, -0.2) is 29.0 Å². The lowest BCUT2D eigenvalue weighted by Crippen LogP contribution is -2.30. The molecule has 2 aromatic rings. The first-order valence-corrected chi connectivity index (χ1v) is 7.09. The Kier molecular flexibility index (Phi) is 4.56. The lowest BCUT2D eigenvalue weighted by molar-refractivity contribution is -0.123. The van der Waals surface area contributed by atoms with Gasteiger partial charge in [0.25, 0.3) is 11.8 Å². The van der Waals surface area contributed by atoms with E-state index in [1.54, 1.807) is 12.3 Å². The smallest absolute Gasteiger partial charge is 0.377 e. The molecule has 0 radical (unpaired) electrons. The standard InChI is InChI=1S/C13H13N3O5S/c1-6-5-9(21-16-6)13(19)20-7(2)11(18)15-12-8(10(14)17)3-4-22-12/h3-5,7H,1-2H3,(H2,14,17)(H,15,18). The fourth-order valence-corrected chi connectivity index (χ4v) is 2.34. The van der Waals surface area contributed by atoms with E-state index in [1.165, 1.54) is 19.1 Å². The number of rotatable bonds is 5. The van der Waals surface area contributed by atoms with E-state index in [4.69, 9.17) is 15.0 Å². The minimum atomic E-state index is -1.08. The number of carbonyl (C=O) groups excluding carboxylic acids is 3. The van der Waals surface area contributed by atoms with Gasteiger partial charge in [0.15, 0.2) is 6.10 Å². The van der Waals surface area contributed by atoms with Gasteiger partial charge < -0.3 is 20.3 Å². The maximum absolute atomic E-state index is 12.0. The Hall–Kier alpha value is -2.68. The summed E-state index contributed by atoms with van der Waals surface area (Å²) < 4.78 is 9.71. The third-order valence-corrected chi connectivity index (χ3v) is 3.48. The quantitative estimate of drug-likeness (QED) is 0.800. The van der Waals surface area contributed by atoms with Gasteiger partial charge >= 0.3 is 5.97 Å². The first-order valence-electron chi connectivity index (χ1n) is 6.21. The second kappa shape index (κ2) is 6.39. The molecule has 0 bridgehead atoms. The van der Waals surface area contributed by atoms with Crippen molar-refractivity contribution >= 4 is 34.1 Å². The Bertz CT molecular complexity index is 721. The molecule has 116 valence electrons. The molecular formula is C13H13N3O5S. The maximum atomic E-state index is 12.0. The molecule has 8 nitrogen and oxygen atoms in total. The van der Waals surface area contributed by atoms with Gasteiger partial charge in [0.05, 0.1) is 11.3 Å². The van der Waals surface area contributed by atoms with Crippen molar-refractivity contribution in [3.63, 3.8) is 0 Å². The number of primary amides is 1. The molecule has 0 aromatic carbocycles. The highest BCUT2D eigenvalue weighted by molar-refractivity contribution is 7.14. The van der Waals surface area contributed by atoms with Crippen LogP contribution in [0.15, 0.2) is 22.0 Å². The molecule has 2 heterocycles. The summed E-state index contributed by atoms with van der Waals surface area (Å²) in [7, 11) is 0. The average molecular weight is 323 g/mol. The number of nitrogens with zero attached hydrogens (tertiary/aromatic N) is 1. The zero-order valence-corrected chi connectivity index (χ0v) is 12.6. The molecule has 0 spiro atoms. The Labute approximate surface area is 129 Å². The Morgan fingerprint density at radius 3 is 2.77 bits per heavy atom. The largest absolute Gasteiger partial charge is 0.447 e. The van der Waals surface area contributed by atoms with Crippen molar-refractivity contribution < 1.29 is 23.6 Å². The molecule has 3 N–H and O–H groups in total. The number of aryl methyl sites for hydroxylation is 1. The fraction of sp³-hybridized carbons (Fsp3) is 0.231. The zero-order valence-electron chi connectivity index (χ0n) is 11.8. The van der Waals surface area contributed by atoms with Crippen molar-refractivity contribution in [3.05, 3.63) is 34.5 Å². The van der Waals surface area contributed by atoms with Crippen LogP contribution in [0.1, 0.15) is 33.5 Å². The van der Waals surface area contributed by atoms with Gasteiger partial charge in [0, 0.05) is 6.07 Å². The van der Waals surface area contributed by atoms with Crippen molar-refractivity contribution in [1.29, 1.82) is 0 Å². The maximum Gasteiger partial charge on any atom is 0.377 e. The third kappa shape index (κ3) is 3.50. The van der Waals surface area contributed by atoms with Crippen molar-refractivity contribution in [2.75, 3.05) is 5.32 Å². The first-order chi connectivity index (χ1) is 10.4. The molecule has 0 saturated carbocycles. The number of anilines is 1. The molecule has 0 aliphatic carbocycles. The monoisotopic (exact) mass is 323 g/mol. The summed E-state index contributed by atoms with van der Waals surface area (Å²) >= 11 is 1.14. The topological polar surface area (TPSA) is 125 Å². The van der Waals surface area contributed by atoms with E-state index in [0.29, 0.717) is 10.7 Å². The summed E-state index contributed by atoms with van der Waals surface area (Å²) in [5, 5.41) is 7.96. The lowest BCUT2D eigenvalue weighted by Gasteiger charge is -2.12. The Morgan fingerprint density at radius 2 is 2.18 bits per heavy atom. The van der Waals surface area contributed by atoms with E-state index in [1.807, 2.05) is 0 Å². The minimum absolute atomic E-state index is 0.0916. The Balaban J connectivity index is 1.99. The number of aromatic nitrogens is 1. The highest BCUT2D eigenvalue weighted by Gasteiger charge is 2.23. The first kappa shape index (κ1) is 15.7. The molecule has 0 saturated heterocycles. The Morgan fingerprint density at radius 1 is 1.45 bits per heavy atom. The van der Waals surface area contributed by atoms with E-state index in [0.717, 1.165) is 11.3 Å². The second-order valence-corrected chi connectivity index (χ2v) is 5.31. The van der Waals surface area contributed by atoms with E-state index < -0.39 is 23.9 Å². The van der Waals surface area contributed by atoms with Crippen molar-refractivity contribution in [2.45, 2.75) is 20.0 Å². The van der Waals surface area contributed by atoms with Crippen molar-refractivity contribution in [2.24, 2.45) is 5.73 Å². The summed E-state index contributed by atoms with van der Waals surface area (Å²) in [6.07, 6.45) is -1.08. The van der Waals surface area contributed by atoms with Gasteiger partial charge in [-0.25, -0.2) is 4.79 Å². The van der Waals surface area contributed by atoms with Gasteiger partial charge in [-0.1, -0.05) is 5.16 Å². The predicted molar refractivity (Wildman–Crippen MR) is 77.6 cm³/mol. The highest BCUT2D eigenvalue weighted by Crippen LogP contribution is 2.23. The molecule has 2 rings (SSSR count). The minimum Gasteiger partial charge on any atom is -0.447 e. The van der Waals surface area contributed by atoms with E-state index in [9.17, 15) is 14.4 Å². The van der Waals surface area contributed by atoms with Crippen molar-refractivity contribution in [3.8, 4) is 0 Å². The normalized spacial score (nSPS) is 11.7.